The summed E-state index contributed by atoms with van der Waals surface area (Å²) >= 11 is 0. The van der Waals surface area contributed by atoms with Crippen LogP contribution < -0.4 is 5.32 Å². The summed E-state index contributed by atoms with van der Waals surface area (Å²) in [6, 6.07) is -0.621. The summed E-state index contributed by atoms with van der Waals surface area (Å²) in [5.74, 6) is -0.295. The Bertz CT molecular complexity index is 255. The zero-order valence-electron chi connectivity index (χ0n) is 9.45. The molecule has 1 saturated heterocycles. The molecule has 1 aliphatic rings. The molecule has 0 spiro atoms. The van der Waals surface area contributed by atoms with E-state index < -0.39 is 0 Å². The number of amides is 1. The number of piperazine rings is 1. The highest BCUT2D eigenvalue weighted by Crippen LogP contribution is 2.10. The standard InChI is InChI=1S/C10H18N2O3/c1-4-15-10(14)8(3)12-6-5-11-9(13)7(12)2/h7-8H,4-6H2,1-3H3,(H,11,13). The third-order valence-electron chi connectivity index (χ3n) is 2.67. The monoisotopic (exact) mass is 214 g/mol. The van der Waals surface area contributed by atoms with Gasteiger partial charge in [-0.1, -0.05) is 0 Å². The van der Waals surface area contributed by atoms with Crippen molar-refractivity contribution in [3.8, 4) is 0 Å². The molecule has 0 aromatic rings. The number of hydrogen-bond acceptors (Lipinski definition) is 4. The maximum Gasteiger partial charge on any atom is 0.323 e. The van der Waals surface area contributed by atoms with Crippen LogP contribution in [0.1, 0.15) is 20.8 Å². The van der Waals surface area contributed by atoms with Crippen LogP contribution in [0.2, 0.25) is 0 Å². The molecule has 0 aromatic heterocycles. The van der Waals surface area contributed by atoms with Crippen LogP contribution in [-0.2, 0) is 14.3 Å². The summed E-state index contributed by atoms with van der Waals surface area (Å²) in [7, 11) is 0. The molecular formula is C10H18N2O3. The van der Waals surface area contributed by atoms with Gasteiger partial charge < -0.3 is 10.1 Å². The van der Waals surface area contributed by atoms with Crippen LogP contribution in [0, 0.1) is 0 Å². The van der Waals surface area contributed by atoms with E-state index in [2.05, 4.69) is 5.32 Å². The number of hydrogen-bond donors (Lipinski definition) is 1. The summed E-state index contributed by atoms with van der Waals surface area (Å²) in [4.78, 5) is 24.7. The summed E-state index contributed by atoms with van der Waals surface area (Å²) in [5, 5.41) is 2.75. The fourth-order valence-electron chi connectivity index (χ4n) is 1.73. The van der Waals surface area contributed by atoms with E-state index in [0.29, 0.717) is 19.7 Å². The molecule has 0 bridgehead atoms. The minimum Gasteiger partial charge on any atom is -0.465 e. The van der Waals surface area contributed by atoms with Gasteiger partial charge in [0.2, 0.25) is 5.91 Å². The van der Waals surface area contributed by atoms with Gasteiger partial charge in [-0.2, -0.15) is 0 Å². The number of carbonyl (C=O) groups excluding carboxylic acids is 2. The van der Waals surface area contributed by atoms with E-state index >= 15 is 0 Å². The lowest BCUT2D eigenvalue weighted by Gasteiger charge is -2.35. The van der Waals surface area contributed by atoms with Gasteiger partial charge in [-0.05, 0) is 20.8 Å². The van der Waals surface area contributed by atoms with Crippen molar-refractivity contribution in [3.63, 3.8) is 0 Å². The van der Waals surface area contributed by atoms with Crippen molar-refractivity contribution >= 4 is 11.9 Å². The number of carbonyl (C=O) groups is 2. The van der Waals surface area contributed by atoms with Gasteiger partial charge in [-0.3, -0.25) is 14.5 Å². The molecule has 5 nitrogen and oxygen atoms in total. The highest BCUT2D eigenvalue weighted by atomic mass is 16.5. The Kier molecular flexibility index (Phi) is 4.08. The van der Waals surface area contributed by atoms with Crippen molar-refractivity contribution in [2.24, 2.45) is 0 Å². The molecule has 1 aliphatic heterocycles. The first-order chi connectivity index (χ1) is 7.07. The quantitative estimate of drug-likeness (QED) is 0.659. The predicted molar refractivity (Wildman–Crippen MR) is 55.3 cm³/mol. The van der Waals surface area contributed by atoms with Crippen LogP contribution in [0.25, 0.3) is 0 Å². The van der Waals surface area contributed by atoms with E-state index in [1.54, 1.807) is 20.8 Å². The molecule has 1 rings (SSSR count). The topological polar surface area (TPSA) is 58.6 Å². The molecule has 1 fully saturated rings. The lowest BCUT2D eigenvalue weighted by molar-refractivity contribution is -0.151. The van der Waals surface area contributed by atoms with Gasteiger partial charge in [-0.25, -0.2) is 0 Å². The average molecular weight is 214 g/mol. The van der Waals surface area contributed by atoms with Crippen molar-refractivity contribution in [1.29, 1.82) is 0 Å². The summed E-state index contributed by atoms with van der Waals surface area (Å²) in [6.45, 7) is 6.99. The first-order valence-electron chi connectivity index (χ1n) is 5.28. The highest BCUT2D eigenvalue weighted by Gasteiger charge is 2.32. The van der Waals surface area contributed by atoms with Crippen LogP contribution >= 0.6 is 0 Å². The number of ether oxygens (including phenoxy) is 1. The van der Waals surface area contributed by atoms with E-state index in [0.717, 1.165) is 0 Å². The van der Waals surface area contributed by atoms with Crippen molar-refractivity contribution in [2.75, 3.05) is 19.7 Å². The van der Waals surface area contributed by atoms with Crippen molar-refractivity contribution in [3.05, 3.63) is 0 Å². The molecular weight excluding hydrogens is 196 g/mol. The molecule has 15 heavy (non-hydrogen) atoms. The Morgan fingerprint density at radius 2 is 2.40 bits per heavy atom. The molecule has 0 radical (unpaired) electrons. The molecule has 0 aliphatic carbocycles. The van der Waals surface area contributed by atoms with E-state index in [1.165, 1.54) is 0 Å². The molecule has 1 heterocycles. The fraction of sp³-hybridized carbons (Fsp3) is 0.800. The molecule has 0 saturated carbocycles. The highest BCUT2D eigenvalue weighted by molar-refractivity contribution is 5.83. The fourth-order valence-corrected chi connectivity index (χ4v) is 1.73. The van der Waals surface area contributed by atoms with Gasteiger partial charge in [0, 0.05) is 13.1 Å². The van der Waals surface area contributed by atoms with Gasteiger partial charge in [0.1, 0.15) is 6.04 Å². The lowest BCUT2D eigenvalue weighted by atomic mass is 10.1. The molecule has 2 atom stereocenters. The van der Waals surface area contributed by atoms with E-state index in [9.17, 15) is 9.59 Å². The largest absolute Gasteiger partial charge is 0.465 e. The second kappa shape index (κ2) is 5.11. The smallest absolute Gasteiger partial charge is 0.323 e. The Balaban J connectivity index is 2.61. The molecule has 86 valence electrons. The molecule has 1 amide bonds. The first-order valence-corrected chi connectivity index (χ1v) is 5.28. The van der Waals surface area contributed by atoms with Gasteiger partial charge in [0.05, 0.1) is 12.6 Å². The second-order valence-corrected chi connectivity index (χ2v) is 3.63. The third-order valence-corrected chi connectivity index (χ3v) is 2.67. The number of nitrogens with zero attached hydrogens (tertiary/aromatic N) is 1. The number of rotatable bonds is 3. The van der Waals surface area contributed by atoms with Gasteiger partial charge in [0.15, 0.2) is 0 Å². The van der Waals surface area contributed by atoms with Gasteiger partial charge in [-0.15, -0.1) is 0 Å². The Morgan fingerprint density at radius 3 is 3.00 bits per heavy atom. The minimum absolute atomic E-state index is 0.0302. The summed E-state index contributed by atoms with van der Waals surface area (Å²) in [5.41, 5.74) is 0. The van der Waals surface area contributed by atoms with Crippen molar-refractivity contribution < 1.29 is 14.3 Å². The van der Waals surface area contributed by atoms with E-state index in [4.69, 9.17) is 4.74 Å². The molecule has 0 aromatic carbocycles. The summed E-state index contributed by atoms with van der Waals surface area (Å²) < 4.78 is 4.93. The lowest BCUT2D eigenvalue weighted by Crippen LogP contribution is -2.58. The van der Waals surface area contributed by atoms with Crippen molar-refractivity contribution in [1.82, 2.24) is 10.2 Å². The zero-order valence-corrected chi connectivity index (χ0v) is 9.45. The van der Waals surface area contributed by atoms with Gasteiger partial charge >= 0.3 is 5.97 Å². The average Bonchev–Trinajstić information content (AvgIpc) is 2.21. The number of esters is 1. The van der Waals surface area contributed by atoms with E-state index in [-0.39, 0.29) is 24.0 Å². The third kappa shape index (κ3) is 2.68. The zero-order chi connectivity index (χ0) is 11.4. The molecule has 5 heteroatoms. The first kappa shape index (κ1) is 12.0. The second-order valence-electron chi connectivity index (χ2n) is 3.63. The van der Waals surface area contributed by atoms with Crippen molar-refractivity contribution in [2.45, 2.75) is 32.9 Å². The van der Waals surface area contributed by atoms with Crippen LogP contribution in [-0.4, -0.2) is 48.6 Å². The Morgan fingerprint density at radius 1 is 1.73 bits per heavy atom. The van der Waals surface area contributed by atoms with Crippen LogP contribution in [0.4, 0.5) is 0 Å². The molecule has 2 unspecified atom stereocenters. The van der Waals surface area contributed by atoms with Gasteiger partial charge in [0.25, 0.3) is 0 Å². The van der Waals surface area contributed by atoms with E-state index in [1.807, 2.05) is 4.90 Å². The predicted octanol–water partition coefficient (Wildman–Crippen LogP) is -0.242. The SMILES string of the molecule is CCOC(=O)C(C)N1CCNC(=O)C1C. The maximum atomic E-state index is 11.5. The Hall–Kier alpha value is -1.10. The Labute approximate surface area is 89.8 Å². The number of nitrogens with one attached hydrogen (secondary N) is 1. The normalized spacial score (nSPS) is 24.5. The summed E-state index contributed by atoms with van der Waals surface area (Å²) in [6.07, 6.45) is 0. The van der Waals surface area contributed by atoms with Crippen LogP contribution in [0.15, 0.2) is 0 Å². The minimum atomic E-state index is -0.356. The van der Waals surface area contributed by atoms with Crippen LogP contribution in [0.3, 0.4) is 0 Å². The van der Waals surface area contributed by atoms with Crippen LogP contribution in [0.5, 0.6) is 0 Å². The molecule has 1 N–H and O–H groups in total. The maximum absolute atomic E-state index is 11.5.